The molecule has 0 heterocycles. The van der Waals surface area contributed by atoms with E-state index in [4.69, 9.17) is 4.74 Å². The van der Waals surface area contributed by atoms with Gasteiger partial charge >= 0.3 is 5.97 Å². The highest BCUT2D eigenvalue weighted by molar-refractivity contribution is 5.89. The summed E-state index contributed by atoms with van der Waals surface area (Å²) >= 11 is 0. The third-order valence-electron chi connectivity index (χ3n) is 5.94. The Morgan fingerprint density at radius 2 is 1.77 bits per heavy atom. The molecular weight excluding hydrogens is 331 g/mol. The van der Waals surface area contributed by atoms with E-state index >= 15 is 0 Å². The fraction of sp³-hybridized carbons (Fsp3) is 0.409. The minimum absolute atomic E-state index is 0.0992. The Bertz CT molecular complexity index is 792. The number of hydrogen-bond acceptors (Lipinski definition) is 3. The number of benzene rings is 2. The Labute approximate surface area is 153 Å². The van der Waals surface area contributed by atoms with Gasteiger partial charge in [0.15, 0.2) is 11.6 Å². The van der Waals surface area contributed by atoms with Gasteiger partial charge in [-0.15, -0.1) is 0 Å². The smallest absolute Gasteiger partial charge is 0.337 e. The van der Waals surface area contributed by atoms with Gasteiger partial charge < -0.3 is 9.47 Å². The highest BCUT2D eigenvalue weighted by atomic mass is 19.1. The van der Waals surface area contributed by atoms with E-state index in [0.717, 1.165) is 17.9 Å². The van der Waals surface area contributed by atoms with E-state index < -0.39 is 11.8 Å². The number of carbonyl (C=O) groups is 1. The van der Waals surface area contributed by atoms with Gasteiger partial charge in [-0.1, -0.05) is 25.0 Å². The van der Waals surface area contributed by atoms with Gasteiger partial charge in [-0.25, -0.2) is 9.18 Å². The van der Waals surface area contributed by atoms with Gasteiger partial charge in [0, 0.05) is 0 Å². The number of hydrogen-bond donors (Lipinski definition) is 0. The molecular formula is C22H23FO3. The molecule has 0 N–H and O–H groups in total. The third kappa shape index (κ3) is 3.33. The van der Waals surface area contributed by atoms with Crippen LogP contribution in [0.1, 0.15) is 53.9 Å². The summed E-state index contributed by atoms with van der Waals surface area (Å²) in [5.74, 6) is 1.91. The van der Waals surface area contributed by atoms with Crippen LogP contribution < -0.4 is 4.74 Å². The van der Waals surface area contributed by atoms with E-state index in [1.165, 1.54) is 56.9 Å². The Hall–Kier alpha value is -2.36. The maximum Gasteiger partial charge on any atom is 0.337 e. The van der Waals surface area contributed by atoms with Crippen molar-refractivity contribution < 1.29 is 18.7 Å². The molecule has 0 aromatic heterocycles. The van der Waals surface area contributed by atoms with Crippen LogP contribution in [0, 0.1) is 17.7 Å². The van der Waals surface area contributed by atoms with E-state index in [2.05, 4.69) is 16.9 Å². The largest absolute Gasteiger partial charge is 0.465 e. The first kappa shape index (κ1) is 17.1. The monoisotopic (exact) mass is 354 g/mol. The molecule has 2 aromatic carbocycles. The van der Waals surface area contributed by atoms with Crippen molar-refractivity contribution in [2.75, 3.05) is 7.11 Å². The van der Waals surface area contributed by atoms with Crippen LogP contribution in [0.3, 0.4) is 0 Å². The van der Waals surface area contributed by atoms with Crippen molar-refractivity contribution in [3.8, 4) is 11.5 Å². The summed E-state index contributed by atoms with van der Waals surface area (Å²) in [5, 5.41) is 0. The highest BCUT2D eigenvalue weighted by Gasteiger charge is 2.36. The third-order valence-corrected chi connectivity index (χ3v) is 5.94. The summed E-state index contributed by atoms with van der Waals surface area (Å²) in [5.41, 5.74) is 1.54. The van der Waals surface area contributed by atoms with Crippen LogP contribution in [-0.2, 0) is 4.74 Å². The van der Waals surface area contributed by atoms with Gasteiger partial charge in [0.1, 0.15) is 5.75 Å². The molecule has 0 radical (unpaired) electrons. The summed E-state index contributed by atoms with van der Waals surface area (Å²) in [7, 11) is 1.27. The topological polar surface area (TPSA) is 35.5 Å². The van der Waals surface area contributed by atoms with Crippen molar-refractivity contribution in [2.24, 2.45) is 11.8 Å². The summed E-state index contributed by atoms with van der Waals surface area (Å²) in [4.78, 5) is 11.4. The molecule has 0 spiro atoms. The number of fused-ring (bicyclic) bond motifs is 3. The Morgan fingerprint density at radius 3 is 2.35 bits per heavy atom. The summed E-state index contributed by atoms with van der Waals surface area (Å²) in [6.07, 6.45) is 6.79. The fourth-order valence-electron chi connectivity index (χ4n) is 4.52. The quantitative estimate of drug-likeness (QED) is 0.661. The number of ether oxygens (including phenoxy) is 2. The maximum atomic E-state index is 14.2. The van der Waals surface area contributed by atoms with Gasteiger partial charge in [-0.05, 0) is 72.9 Å². The van der Waals surface area contributed by atoms with Crippen molar-refractivity contribution >= 4 is 5.97 Å². The van der Waals surface area contributed by atoms with Crippen molar-refractivity contribution in [2.45, 2.75) is 38.0 Å². The lowest BCUT2D eigenvalue weighted by Gasteiger charge is -2.42. The van der Waals surface area contributed by atoms with Crippen molar-refractivity contribution in [1.29, 1.82) is 0 Å². The average Bonchev–Trinajstić information content (AvgIpc) is 2.70. The number of esters is 1. The molecule has 2 aromatic rings. The van der Waals surface area contributed by atoms with Crippen LogP contribution in [0.15, 0.2) is 42.5 Å². The molecule has 3 aliphatic carbocycles. The number of halogens is 1. The van der Waals surface area contributed by atoms with Crippen molar-refractivity contribution in [3.63, 3.8) is 0 Å². The maximum absolute atomic E-state index is 14.2. The van der Waals surface area contributed by atoms with Gasteiger partial charge in [0.25, 0.3) is 0 Å². The Kier molecular flexibility index (Phi) is 4.66. The van der Waals surface area contributed by atoms with Crippen LogP contribution in [0.25, 0.3) is 0 Å². The van der Waals surface area contributed by atoms with Crippen LogP contribution in [0.2, 0.25) is 0 Å². The highest BCUT2D eigenvalue weighted by Crippen LogP contribution is 2.49. The molecule has 0 aliphatic heterocycles. The molecule has 1 unspecified atom stereocenters. The van der Waals surface area contributed by atoms with Gasteiger partial charge in [0.05, 0.1) is 12.7 Å². The zero-order valence-corrected chi connectivity index (χ0v) is 14.9. The number of carbonyl (C=O) groups excluding carboxylic acids is 1. The molecule has 3 saturated carbocycles. The molecule has 3 fully saturated rings. The standard InChI is InChI=1S/C22H23FO3/c1-25-22(24)17-8-11-21(20(23)13-17)26-18-9-6-16(7-10-18)19-12-14-2-4-15(19)5-3-14/h6-11,13-15,19H,2-5,12H2,1H3. The molecule has 1 atom stereocenters. The lowest BCUT2D eigenvalue weighted by Crippen LogP contribution is -2.29. The average molecular weight is 354 g/mol. The zero-order chi connectivity index (χ0) is 18.1. The Balaban J connectivity index is 1.47. The van der Waals surface area contributed by atoms with Gasteiger partial charge in [-0.3, -0.25) is 0 Å². The van der Waals surface area contributed by atoms with E-state index in [1.54, 1.807) is 0 Å². The first-order valence-corrected chi connectivity index (χ1v) is 9.29. The molecule has 2 bridgehead atoms. The molecule has 5 rings (SSSR count). The minimum Gasteiger partial charge on any atom is -0.465 e. The number of rotatable bonds is 4. The predicted molar refractivity (Wildman–Crippen MR) is 97.1 cm³/mol. The van der Waals surface area contributed by atoms with Crippen molar-refractivity contribution in [3.05, 3.63) is 59.4 Å². The first-order valence-electron chi connectivity index (χ1n) is 9.29. The second-order valence-corrected chi connectivity index (χ2v) is 7.43. The normalized spacial score (nSPS) is 24.3. The molecule has 0 amide bonds. The summed E-state index contributed by atoms with van der Waals surface area (Å²) in [6.45, 7) is 0. The molecule has 0 saturated heterocycles. The fourth-order valence-corrected chi connectivity index (χ4v) is 4.52. The van der Waals surface area contributed by atoms with Crippen LogP contribution >= 0.6 is 0 Å². The van der Waals surface area contributed by atoms with E-state index in [9.17, 15) is 9.18 Å². The van der Waals surface area contributed by atoms with Gasteiger partial charge in [0.2, 0.25) is 0 Å². The number of methoxy groups -OCH3 is 1. The second-order valence-electron chi connectivity index (χ2n) is 7.43. The Morgan fingerprint density at radius 1 is 1.04 bits per heavy atom. The molecule has 26 heavy (non-hydrogen) atoms. The minimum atomic E-state index is -0.582. The molecule has 3 nitrogen and oxygen atoms in total. The van der Waals surface area contributed by atoms with Crippen LogP contribution in [0.5, 0.6) is 11.5 Å². The predicted octanol–water partition coefficient (Wildman–Crippen LogP) is 5.70. The van der Waals surface area contributed by atoms with E-state index in [-0.39, 0.29) is 11.3 Å². The van der Waals surface area contributed by atoms with Crippen molar-refractivity contribution in [1.82, 2.24) is 0 Å². The summed E-state index contributed by atoms with van der Waals surface area (Å²) < 4.78 is 24.4. The van der Waals surface area contributed by atoms with E-state index in [0.29, 0.717) is 11.7 Å². The van der Waals surface area contributed by atoms with E-state index in [1.807, 2.05) is 12.1 Å². The van der Waals surface area contributed by atoms with Gasteiger partial charge in [-0.2, -0.15) is 0 Å². The molecule has 136 valence electrons. The van der Waals surface area contributed by atoms with Crippen LogP contribution in [-0.4, -0.2) is 13.1 Å². The zero-order valence-electron chi connectivity index (χ0n) is 14.9. The SMILES string of the molecule is COC(=O)c1ccc(Oc2ccc(C3CC4CCC3CC4)cc2)c(F)c1. The summed E-state index contributed by atoms with van der Waals surface area (Å²) in [6, 6.07) is 12.1. The lowest BCUT2D eigenvalue weighted by molar-refractivity contribution is 0.0600. The molecule has 3 aliphatic rings. The second kappa shape index (κ2) is 7.10. The van der Waals surface area contributed by atoms with Crippen LogP contribution in [0.4, 0.5) is 4.39 Å². The first-order chi connectivity index (χ1) is 12.6. The molecule has 4 heteroatoms. The lowest BCUT2D eigenvalue weighted by atomic mass is 9.63.